The number of nitrogens with one attached hydrogen (secondary N) is 2. The highest BCUT2D eigenvalue weighted by Crippen LogP contribution is 2.14. The average molecular weight is 291 g/mol. The number of nitrogens with zero attached hydrogens (tertiary/aromatic N) is 2. The van der Waals surface area contributed by atoms with Crippen LogP contribution in [-0.2, 0) is 13.6 Å². The Morgan fingerprint density at radius 1 is 1.33 bits per heavy atom. The zero-order valence-electron chi connectivity index (χ0n) is 11.1. The monoisotopic (exact) mass is 291 g/mol. The first kappa shape index (κ1) is 14.3. The van der Waals surface area contributed by atoms with Crippen LogP contribution >= 0.6 is 0 Å². The van der Waals surface area contributed by atoms with Crippen molar-refractivity contribution in [3.05, 3.63) is 60.8 Å². The van der Waals surface area contributed by atoms with Crippen molar-refractivity contribution >= 4 is 17.2 Å². The van der Waals surface area contributed by atoms with Crippen molar-refractivity contribution in [2.45, 2.75) is 6.54 Å². The highest BCUT2D eigenvalue weighted by Gasteiger charge is 2.10. The minimum atomic E-state index is -0.613. The predicted octanol–water partition coefficient (Wildman–Crippen LogP) is 0.176. The maximum Gasteiger partial charge on any atom is 0.329 e. The maximum atomic E-state index is 11.7. The molecule has 1 aromatic carbocycles. The molecule has 0 aliphatic rings. The number of non-ortho nitro benzene ring substituents is 1. The van der Waals surface area contributed by atoms with Crippen molar-refractivity contribution in [3.63, 3.8) is 0 Å². The van der Waals surface area contributed by atoms with Gasteiger partial charge < -0.3 is 11.1 Å². The van der Waals surface area contributed by atoms with Crippen LogP contribution in [0.25, 0.3) is 0 Å². The van der Waals surface area contributed by atoms with Crippen LogP contribution in [0, 0.1) is 10.1 Å². The van der Waals surface area contributed by atoms with Gasteiger partial charge in [0.05, 0.1) is 4.92 Å². The van der Waals surface area contributed by atoms with E-state index < -0.39 is 16.2 Å². The summed E-state index contributed by atoms with van der Waals surface area (Å²) in [5, 5.41) is 13.4. The molecule has 0 fully saturated rings. The molecule has 1 aromatic heterocycles. The van der Waals surface area contributed by atoms with Gasteiger partial charge in [0.2, 0.25) is 0 Å². The van der Waals surface area contributed by atoms with Crippen molar-refractivity contribution in [2.75, 3.05) is 11.1 Å². The summed E-state index contributed by atoms with van der Waals surface area (Å²) in [5.74, 6) is 0.0191. The number of nitro benzene ring substituents is 1. The number of hydrogen-bond acceptors (Lipinski definition) is 6. The maximum absolute atomic E-state index is 11.7. The zero-order valence-corrected chi connectivity index (χ0v) is 11.1. The van der Waals surface area contributed by atoms with E-state index in [1.165, 1.54) is 19.2 Å². The van der Waals surface area contributed by atoms with E-state index in [1.54, 1.807) is 12.1 Å². The Labute approximate surface area is 118 Å². The minimum absolute atomic E-state index is 0.0155. The number of aromatic amines is 1. The molecule has 0 amide bonds. The fourth-order valence-corrected chi connectivity index (χ4v) is 1.73. The van der Waals surface area contributed by atoms with Crippen LogP contribution in [0.15, 0.2) is 33.9 Å². The second kappa shape index (κ2) is 5.49. The van der Waals surface area contributed by atoms with Gasteiger partial charge in [-0.25, -0.2) is 4.79 Å². The molecule has 0 saturated heterocycles. The van der Waals surface area contributed by atoms with Crippen molar-refractivity contribution in [1.29, 1.82) is 0 Å². The fourth-order valence-electron chi connectivity index (χ4n) is 1.73. The Balaban J connectivity index is 2.21. The van der Waals surface area contributed by atoms with E-state index in [-0.39, 0.29) is 23.7 Å². The molecule has 2 aromatic rings. The molecule has 9 nitrogen and oxygen atoms in total. The molecule has 110 valence electrons. The molecule has 0 aliphatic heterocycles. The van der Waals surface area contributed by atoms with Gasteiger partial charge in [0.1, 0.15) is 11.5 Å². The van der Waals surface area contributed by atoms with Crippen LogP contribution in [0.2, 0.25) is 0 Å². The zero-order chi connectivity index (χ0) is 15.6. The van der Waals surface area contributed by atoms with Gasteiger partial charge in [0.15, 0.2) is 0 Å². The molecule has 0 saturated carbocycles. The first-order valence-electron chi connectivity index (χ1n) is 5.96. The summed E-state index contributed by atoms with van der Waals surface area (Å²) in [7, 11) is 1.44. The van der Waals surface area contributed by atoms with Crippen LogP contribution in [-0.4, -0.2) is 14.5 Å². The van der Waals surface area contributed by atoms with E-state index in [0.717, 1.165) is 10.1 Å². The van der Waals surface area contributed by atoms with Gasteiger partial charge in [-0.1, -0.05) is 12.1 Å². The van der Waals surface area contributed by atoms with E-state index in [0.29, 0.717) is 0 Å². The lowest BCUT2D eigenvalue weighted by Crippen LogP contribution is -2.32. The number of anilines is 2. The quantitative estimate of drug-likeness (QED) is 0.543. The third kappa shape index (κ3) is 2.91. The predicted molar refractivity (Wildman–Crippen MR) is 77.1 cm³/mol. The smallest absolute Gasteiger partial charge is 0.329 e. The molecule has 0 bridgehead atoms. The molecular weight excluding hydrogens is 278 g/mol. The second-order valence-corrected chi connectivity index (χ2v) is 4.36. The van der Waals surface area contributed by atoms with Crippen molar-refractivity contribution in [3.8, 4) is 0 Å². The van der Waals surface area contributed by atoms with E-state index in [2.05, 4.69) is 10.3 Å². The van der Waals surface area contributed by atoms with Gasteiger partial charge in [-0.05, 0) is 5.56 Å². The van der Waals surface area contributed by atoms with Crippen molar-refractivity contribution < 1.29 is 4.92 Å². The topological polar surface area (TPSA) is 136 Å². The number of benzene rings is 1. The van der Waals surface area contributed by atoms with Crippen LogP contribution in [0.4, 0.5) is 17.2 Å². The van der Waals surface area contributed by atoms with Crippen LogP contribution in [0.3, 0.4) is 0 Å². The Bertz CT molecular complexity index is 791. The lowest BCUT2D eigenvalue weighted by molar-refractivity contribution is -0.384. The van der Waals surface area contributed by atoms with Crippen LogP contribution < -0.4 is 22.3 Å². The van der Waals surface area contributed by atoms with E-state index >= 15 is 0 Å². The number of nitrogen functional groups attached to an aromatic ring is 1. The van der Waals surface area contributed by atoms with E-state index in [1.807, 2.05) is 0 Å². The highest BCUT2D eigenvalue weighted by atomic mass is 16.6. The molecule has 0 radical (unpaired) electrons. The highest BCUT2D eigenvalue weighted by molar-refractivity contribution is 5.60. The number of nitrogens with two attached hydrogens (primary N) is 1. The molecular formula is C12H13N5O4. The van der Waals surface area contributed by atoms with Crippen molar-refractivity contribution in [1.82, 2.24) is 9.55 Å². The number of hydrogen-bond donors (Lipinski definition) is 3. The third-order valence-electron chi connectivity index (χ3n) is 2.99. The molecule has 0 aliphatic carbocycles. The number of H-pyrrole nitrogens is 1. The summed E-state index contributed by atoms with van der Waals surface area (Å²) in [6.45, 7) is 0.240. The molecule has 4 N–H and O–H groups in total. The van der Waals surface area contributed by atoms with Gasteiger partial charge in [0, 0.05) is 25.7 Å². The second-order valence-electron chi connectivity index (χ2n) is 4.36. The lowest BCUT2D eigenvalue weighted by Gasteiger charge is -2.10. The van der Waals surface area contributed by atoms with E-state index in [4.69, 9.17) is 5.73 Å². The summed E-state index contributed by atoms with van der Waals surface area (Å²) in [4.78, 5) is 35.2. The SMILES string of the molecule is Cn1c(N)c(NCc2ccc([N+](=O)[O-])cc2)c(=O)[nH]c1=O. The Morgan fingerprint density at radius 3 is 2.52 bits per heavy atom. The first-order valence-corrected chi connectivity index (χ1v) is 5.96. The summed E-state index contributed by atoms with van der Waals surface area (Å²) in [6.07, 6.45) is 0. The summed E-state index contributed by atoms with van der Waals surface area (Å²) < 4.78 is 1.11. The van der Waals surface area contributed by atoms with E-state index in [9.17, 15) is 19.7 Å². The summed E-state index contributed by atoms with van der Waals surface area (Å²) in [6, 6.07) is 5.87. The minimum Gasteiger partial charge on any atom is -0.383 e. The number of nitro groups is 1. The fraction of sp³-hybridized carbons (Fsp3) is 0.167. The first-order chi connectivity index (χ1) is 9.90. The third-order valence-corrected chi connectivity index (χ3v) is 2.99. The molecule has 2 rings (SSSR count). The number of aromatic nitrogens is 2. The molecule has 1 heterocycles. The van der Waals surface area contributed by atoms with Crippen LogP contribution in [0.1, 0.15) is 5.56 Å². The van der Waals surface area contributed by atoms with Gasteiger partial charge in [-0.3, -0.25) is 24.5 Å². The normalized spacial score (nSPS) is 10.3. The molecule has 0 unspecified atom stereocenters. The lowest BCUT2D eigenvalue weighted by atomic mass is 10.2. The molecule has 21 heavy (non-hydrogen) atoms. The van der Waals surface area contributed by atoms with Crippen molar-refractivity contribution in [2.24, 2.45) is 7.05 Å². The largest absolute Gasteiger partial charge is 0.383 e. The summed E-state index contributed by atoms with van der Waals surface area (Å²) in [5.41, 5.74) is 5.28. The Kier molecular flexibility index (Phi) is 3.74. The molecule has 9 heteroatoms. The average Bonchev–Trinajstić information content (AvgIpc) is 2.45. The van der Waals surface area contributed by atoms with Crippen LogP contribution in [0.5, 0.6) is 0 Å². The van der Waals surface area contributed by atoms with Gasteiger partial charge in [0.25, 0.3) is 11.2 Å². The Hall–Kier alpha value is -3.10. The Morgan fingerprint density at radius 2 is 1.95 bits per heavy atom. The standard InChI is InChI=1S/C12H13N5O4/c1-16-10(13)9(11(18)15-12(16)19)14-6-7-2-4-8(5-3-7)17(20)21/h2-5,14H,6,13H2,1H3,(H,15,18,19). The number of rotatable bonds is 4. The van der Waals surface area contributed by atoms with Gasteiger partial charge >= 0.3 is 5.69 Å². The van der Waals surface area contributed by atoms with Gasteiger partial charge in [-0.2, -0.15) is 0 Å². The summed E-state index contributed by atoms with van der Waals surface area (Å²) >= 11 is 0. The molecule has 0 atom stereocenters. The molecule has 0 spiro atoms. The van der Waals surface area contributed by atoms with Gasteiger partial charge in [-0.15, -0.1) is 0 Å².